The summed E-state index contributed by atoms with van der Waals surface area (Å²) >= 11 is 12.9. The molecule has 0 aromatic heterocycles. The lowest BCUT2D eigenvalue weighted by molar-refractivity contribution is 0.0396. The average Bonchev–Trinajstić information content (AvgIpc) is 3.02. The van der Waals surface area contributed by atoms with Crippen molar-refractivity contribution in [2.45, 2.75) is 24.3 Å². The maximum absolute atomic E-state index is 6.12. The van der Waals surface area contributed by atoms with Crippen LogP contribution in [0.5, 0.6) is 0 Å². The minimum atomic E-state index is 0.0264. The van der Waals surface area contributed by atoms with Crippen molar-refractivity contribution in [3.05, 3.63) is 32.2 Å². The van der Waals surface area contributed by atoms with E-state index in [1.165, 1.54) is 11.1 Å². The van der Waals surface area contributed by atoms with Gasteiger partial charge in [-0.05, 0) is 55.1 Å². The molecule has 3 aliphatic rings. The van der Waals surface area contributed by atoms with Crippen molar-refractivity contribution in [2.24, 2.45) is 10.3 Å². The van der Waals surface area contributed by atoms with Gasteiger partial charge in [0.2, 0.25) is 0 Å². The van der Waals surface area contributed by atoms with E-state index in [1.807, 2.05) is 5.01 Å². The average molecular weight is 407 g/mol. The van der Waals surface area contributed by atoms with E-state index in [0.29, 0.717) is 12.4 Å². The molecule has 0 saturated carbocycles. The largest absolute Gasteiger partial charge is 0.361 e. The molecule has 0 spiro atoms. The Bertz CT molecular complexity index is 582. The smallest absolute Gasteiger partial charge is 0.128 e. The molecule has 1 aromatic carbocycles. The number of nitrogens with zero attached hydrogens (tertiary/aromatic N) is 3. The molecule has 0 aliphatic carbocycles. The Morgan fingerprint density at radius 2 is 1.89 bits per heavy atom. The molecule has 0 amide bonds. The second-order valence-electron chi connectivity index (χ2n) is 4.91. The fraction of sp³-hybridized carbons (Fsp3) is 0.500. The van der Waals surface area contributed by atoms with E-state index >= 15 is 0 Å². The second-order valence-corrected chi connectivity index (χ2v) is 7.00. The number of hydrogen-bond acceptors (Lipinski definition) is 4. The third-order valence-electron chi connectivity index (χ3n) is 3.96. The molecule has 0 radical (unpaired) electrons. The Labute approximate surface area is 132 Å². The molecule has 4 atom stereocenters. The highest BCUT2D eigenvalue weighted by Gasteiger charge is 2.57. The van der Waals surface area contributed by atoms with Crippen LogP contribution in [0.1, 0.15) is 23.3 Å². The van der Waals surface area contributed by atoms with Crippen LogP contribution in [0.4, 0.5) is 0 Å². The SMILES string of the molecule is ClCCN1N=NC2C3OC(c4cc(Br)c(Br)cc43)C21. The Morgan fingerprint density at radius 1 is 1.21 bits per heavy atom. The van der Waals surface area contributed by atoms with E-state index < -0.39 is 0 Å². The van der Waals surface area contributed by atoms with Crippen molar-refractivity contribution in [2.75, 3.05) is 12.4 Å². The highest BCUT2D eigenvalue weighted by atomic mass is 79.9. The van der Waals surface area contributed by atoms with Crippen molar-refractivity contribution < 1.29 is 4.74 Å². The Kier molecular flexibility index (Phi) is 2.92. The number of rotatable bonds is 2. The van der Waals surface area contributed by atoms with Crippen LogP contribution in [0, 0.1) is 0 Å². The zero-order valence-electron chi connectivity index (χ0n) is 9.76. The first kappa shape index (κ1) is 12.6. The number of alkyl halides is 1. The van der Waals surface area contributed by atoms with Gasteiger partial charge in [-0.25, -0.2) is 0 Å². The van der Waals surface area contributed by atoms with Crippen molar-refractivity contribution >= 4 is 43.5 Å². The third-order valence-corrected chi connectivity index (χ3v) is 5.97. The normalized spacial score (nSPS) is 33.9. The van der Waals surface area contributed by atoms with Crippen molar-refractivity contribution in [1.29, 1.82) is 0 Å². The quantitative estimate of drug-likeness (QED) is 0.695. The van der Waals surface area contributed by atoms with Gasteiger partial charge in [-0.1, -0.05) is 5.22 Å². The van der Waals surface area contributed by atoms with Gasteiger partial charge in [0.05, 0.1) is 6.54 Å². The van der Waals surface area contributed by atoms with E-state index in [-0.39, 0.29) is 24.3 Å². The van der Waals surface area contributed by atoms with Crippen LogP contribution < -0.4 is 0 Å². The fourth-order valence-corrected chi connectivity index (χ4v) is 4.08. The lowest BCUT2D eigenvalue weighted by Gasteiger charge is -2.27. The predicted octanol–water partition coefficient (Wildman–Crippen LogP) is 4.00. The number of hydrogen-bond donors (Lipinski definition) is 0. The summed E-state index contributed by atoms with van der Waals surface area (Å²) in [6.45, 7) is 0.714. The zero-order chi connectivity index (χ0) is 13.1. The monoisotopic (exact) mass is 405 g/mol. The molecule has 3 aliphatic heterocycles. The molecule has 1 fully saturated rings. The number of halogens is 3. The van der Waals surface area contributed by atoms with E-state index in [0.717, 1.165) is 8.95 Å². The van der Waals surface area contributed by atoms with E-state index in [4.69, 9.17) is 16.3 Å². The molecule has 19 heavy (non-hydrogen) atoms. The lowest BCUT2D eigenvalue weighted by atomic mass is 9.85. The highest BCUT2D eigenvalue weighted by Crippen LogP contribution is 2.56. The first-order chi connectivity index (χ1) is 9.20. The number of benzene rings is 1. The summed E-state index contributed by atoms with van der Waals surface area (Å²) < 4.78 is 8.21. The molecule has 3 heterocycles. The van der Waals surface area contributed by atoms with Gasteiger partial charge in [-0.2, -0.15) is 5.11 Å². The molecule has 4 unspecified atom stereocenters. The van der Waals surface area contributed by atoms with Crippen LogP contribution in [-0.2, 0) is 4.74 Å². The lowest BCUT2D eigenvalue weighted by Crippen LogP contribution is -2.39. The van der Waals surface area contributed by atoms with Gasteiger partial charge in [0, 0.05) is 14.8 Å². The van der Waals surface area contributed by atoms with Crippen LogP contribution in [-0.4, -0.2) is 29.5 Å². The summed E-state index contributed by atoms with van der Waals surface area (Å²) in [6, 6.07) is 4.57. The van der Waals surface area contributed by atoms with Gasteiger partial charge in [-0.15, -0.1) is 11.6 Å². The van der Waals surface area contributed by atoms with E-state index in [9.17, 15) is 0 Å². The summed E-state index contributed by atoms with van der Waals surface area (Å²) in [5.74, 6) is 0.552. The minimum absolute atomic E-state index is 0.0264. The van der Waals surface area contributed by atoms with E-state index in [2.05, 4.69) is 54.3 Å². The molecule has 1 aromatic rings. The molecule has 7 heteroatoms. The van der Waals surface area contributed by atoms with Crippen LogP contribution >= 0.6 is 43.5 Å². The van der Waals surface area contributed by atoms with Crippen LogP contribution in [0.2, 0.25) is 0 Å². The highest BCUT2D eigenvalue weighted by molar-refractivity contribution is 9.13. The van der Waals surface area contributed by atoms with Gasteiger partial charge >= 0.3 is 0 Å². The molecule has 4 nitrogen and oxygen atoms in total. The van der Waals surface area contributed by atoms with Crippen molar-refractivity contribution in [3.63, 3.8) is 0 Å². The van der Waals surface area contributed by atoms with Crippen LogP contribution in [0.15, 0.2) is 31.4 Å². The molecule has 1 saturated heterocycles. The summed E-state index contributed by atoms with van der Waals surface area (Å²) in [4.78, 5) is 0. The molecular weight excluding hydrogens is 397 g/mol. The number of fused-ring (bicyclic) bond motifs is 8. The fourth-order valence-electron chi connectivity index (χ4n) is 3.19. The Balaban J connectivity index is 1.77. The zero-order valence-corrected chi connectivity index (χ0v) is 13.7. The molecule has 4 rings (SSSR count). The van der Waals surface area contributed by atoms with Gasteiger partial charge in [-0.3, -0.25) is 5.01 Å². The Hall–Kier alpha value is -0.170. The van der Waals surface area contributed by atoms with Gasteiger partial charge in [0.15, 0.2) is 0 Å². The van der Waals surface area contributed by atoms with Gasteiger partial charge < -0.3 is 4.74 Å². The summed E-state index contributed by atoms with van der Waals surface area (Å²) in [6.07, 6.45) is 0.0751. The van der Waals surface area contributed by atoms with Crippen molar-refractivity contribution in [3.8, 4) is 0 Å². The first-order valence-corrected chi connectivity index (χ1v) is 8.20. The first-order valence-electron chi connectivity index (χ1n) is 6.08. The van der Waals surface area contributed by atoms with Crippen LogP contribution in [0.25, 0.3) is 0 Å². The van der Waals surface area contributed by atoms with Crippen LogP contribution in [0.3, 0.4) is 0 Å². The number of ether oxygens (including phenoxy) is 1. The molecule has 2 bridgehead atoms. The van der Waals surface area contributed by atoms with E-state index in [1.54, 1.807) is 0 Å². The summed E-state index contributed by atoms with van der Waals surface area (Å²) in [7, 11) is 0. The van der Waals surface area contributed by atoms with Gasteiger partial charge in [0.25, 0.3) is 0 Å². The minimum Gasteiger partial charge on any atom is -0.361 e. The third kappa shape index (κ3) is 1.66. The maximum atomic E-state index is 6.12. The topological polar surface area (TPSA) is 37.2 Å². The maximum Gasteiger partial charge on any atom is 0.128 e. The summed E-state index contributed by atoms with van der Waals surface area (Å²) in [5.41, 5.74) is 2.47. The molecule has 0 N–H and O–H groups in total. The molecule has 100 valence electrons. The summed E-state index contributed by atoms with van der Waals surface area (Å²) in [5, 5.41) is 10.6. The second kappa shape index (κ2) is 4.41. The Morgan fingerprint density at radius 3 is 2.58 bits per heavy atom. The van der Waals surface area contributed by atoms with Crippen molar-refractivity contribution in [1.82, 2.24) is 5.01 Å². The van der Waals surface area contributed by atoms with Gasteiger partial charge in [0.1, 0.15) is 24.3 Å². The predicted molar refractivity (Wildman–Crippen MR) is 78.3 cm³/mol. The molecular formula is C12H10Br2ClN3O. The standard InChI is InChI=1S/C12H10Br2ClN3O/c13-7-3-5-6(4-8(7)14)12-10-9(11(5)19-12)16-17-18(10)2-1-15/h3-4,9-12H,1-2H2.